The number of ether oxygens (including phenoxy) is 1. The van der Waals surface area contributed by atoms with Gasteiger partial charge in [-0.1, -0.05) is 20.8 Å². The number of nitrogens with zero attached hydrogens (tertiary/aromatic N) is 3. The molecule has 0 aliphatic heterocycles. The van der Waals surface area contributed by atoms with E-state index in [-0.39, 0.29) is 11.5 Å². The van der Waals surface area contributed by atoms with Crippen LogP contribution in [0.1, 0.15) is 32.5 Å². The van der Waals surface area contributed by atoms with Crippen LogP contribution in [0.5, 0.6) is 5.75 Å². The Labute approximate surface area is 110 Å². The number of hydrogen-bond acceptors (Lipinski definition) is 4. The van der Waals surface area contributed by atoms with E-state index in [4.69, 9.17) is 10.5 Å². The summed E-state index contributed by atoms with van der Waals surface area (Å²) >= 11 is 0. The third-order valence-electron chi connectivity index (χ3n) is 3.05. The molecule has 1 unspecified atom stereocenters. The molecule has 0 aromatic carbocycles. The van der Waals surface area contributed by atoms with Crippen molar-refractivity contribution in [3.8, 4) is 5.75 Å². The molecule has 1 heterocycles. The summed E-state index contributed by atoms with van der Waals surface area (Å²) in [6.07, 6.45) is 1.75. The van der Waals surface area contributed by atoms with E-state index in [9.17, 15) is 0 Å². The number of hydrogen-bond donors (Lipinski definition) is 1. The van der Waals surface area contributed by atoms with Crippen LogP contribution in [0.4, 0.5) is 0 Å². The van der Waals surface area contributed by atoms with E-state index in [2.05, 4.69) is 30.8 Å². The molecule has 0 saturated carbocycles. The number of methoxy groups -OCH3 is 1. The standard InChI is InChI=1S/C13H26N4O/c1-13(2,3)12(14)11-10(18-6)9-15-17(11)8-7-16(4)5/h9,12H,7-8,14H2,1-6H3. The van der Waals surface area contributed by atoms with Gasteiger partial charge in [0.1, 0.15) is 0 Å². The first-order chi connectivity index (χ1) is 8.27. The number of aromatic nitrogens is 2. The lowest BCUT2D eigenvalue weighted by molar-refractivity contribution is 0.291. The third kappa shape index (κ3) is 3.46. The van der Waals surface area contributed by atoms with Crippen molar-refractivity contribution < 1.29 is 4.74 Å². The van der Waals surface area contributed by atoms with Crippen LogP contribution in [0.25, 0.3) is 0 Å². The summed E-state index contributed by atoms with van der Waals surface area (Å²) in [5.74, 6) is 0.774. The van der Waals surface area contributed by atoms with Crippen molar-refractivity contribution >= 4 is 0 Å². The molecule has 0 aliphatic rings. The lowest BCUT2D eigenvalue weighted by atomic mass is 9.85. The minimum atomic E-state index is -0.0999. The highest BCUT2D eigenvalue weighted by Gasteiger charge is 2.28. The molecule has 0 amide bonds. The maximum Gasteiger partial charge on any atom is 0.161 e. The van der Waals surface area contributed by atoms with Gasteiger partial charge in [0.2, 0.25) is 0 Å². The Bertz CT molecular complexity index is 379. The van der Waals surface area contributed by atoms with Gasteiger partial charge in [0.05, 0.1) is 31.6 Å². The summed E-state index contributed by atoms with van der Waals surface area (Å²) in [6.45, 7) is 8.12. The van der Waals surface area contributed by atoms with Crippen LogP contribution < -0.4 is 10.5 Å². The Morgan fingerprint density at radius 2 is 2.06 bits per heavy atom. The Kier molecular flexibility index (Phi) is 4.76. The first-order valence-corrected chi connectivity index (χ1v) is 6.27. The molecule has 0 spiro atoms. The van der Waals surface area contributed by atoms with E-state index in [0.717, 1.165) is 24.5 Å². The third-order valence-corrected chi connectivity index (χ3v) is 3.05. The van der Waals surface area contributed by atoms with Gasteiger partial charge in [-0.25, -0.2) is 0 Å². The number of nitrogens with two attached hydrogens (primary N) is 1. The molecular weight excluding hydrogens is 228 g/mol. The fourth-order valence-corrected chi connectivity index (χ4v) is 1.73. The second kappa shape index (κ2) is 5.71. The maximum atomic E-state index is 6.35. The molecular formula is C13H26N4O. The summed E-state index contributed by atoms with van der Waals surface area (Å²) in [4.78, 5) is 2.13. The maximum absolute atomic E-state index is 6.35. The lowest BCUT2D eigenvalue weighted by Gasteiger charge is -2.28. The van der Waals surface area contributed by atoms with E-state index >= 15 is 0 Å². The summed E-state index contributed by atoms with van der Waals surface area (Å²) in [7, 11) is 5.75. The second-order valence-corrected chi connectivity index (χ2v) is 5.97. The Hall–Kier alpha value is -1.07. The molecule has 1 rings (SSSR count). The zero-order valence-electron chi connectivity index (χ0n) is 12.4. The summed E-state index contributed by atoms with van der Waals surface area (Å²) in [6, 6.07) is -0.0999. The topological polar surface area (TPSA) is 56.3 Å². The molecule has 0 aliphatic carbocycles. The first kappa shape index (κ1) is 15.0. The molecule has 0 bridgehead atoms. The van der Waals surface area contributed by atoms with Crippen molar-refractivity contribution in [2.45, 2.75) is 33.4 Å². The van der Waals surface area contributed by atoms with Crippen LogP contribution in [0.15, 0.2) is 6.20 Å². The monoisotopic (exact) mass is 254 g/mol. The SMILES string of the molecule is COc1cnn(CCN(C)C)c1C(N)C(C)(C)C. The summed E-state index contributed by atoms with van der Waals surface area (Å²) in [5, 5.41) is 4.38. The Morgan fingerprint density at radius 3 is 2.50 bits per heavy atom. The lowest BCUT2D eigenvalue weighted by Crippen LogP contribution is -2.30. The molecule has 18 heavy (non-hydrogen) atoms. The van der Waals surface area contributed by atoms with Gasteiger partial charge in [0.15, 0.2) is 5.75 Å². The van der Waals surface area contributed by atoms with Gasteiger partial charge >= 0.3 is 0 Å². The molecule has 2 N–H and O–H groups in total. The van der Waals surface area contributed by atoms with Crippen LogP contribution in [0.2, 0.25) is 0 Å². The highest BCUT2D eigenvalue weighted by Crippen LogP contribution is 2.35. The first-order valence-electron chi connectivity index (χ1n) is 6.27. The van der Waals surface area contributed by atoms with Crippen LogP contribution in [0.3, 0.4) is 0 Å². The molecule has 0 fully saturated rings. The minimum Gasteiger partial charge on any atom is -0.493 e. The molecule has 104 valence electrons. The fourth-order valence-electron chi connectivity index (χ4n) is 1.73. The zero-order valence-corrected chi connectivity index (χ0v) is 12.4. The Morgan fingerprint density at radius 1 is 1.44 bits per heavy atom. The smallest absolute Gasteiger partial charge is 0.161 e. The minimum absolute atomic E-state index is 0.0246. The van der Waals surface area contributed by atoms with E-state index in [1.54, 1.807) is 13.3 Å². The van der Waals surface area contributed by atoms with Gasteiger partial charge in [0, 0.05) is 6.54 Å². The van der Waals surface area contributed by atoms with Gasteiger partial charge in [-0.05, 0) is 19.5 Å². The zero-order chi connectivity index (χ0) is 13.9. The molecule has 1 aromatic rings. The molecule has 0 radical (unpaired) electrons. The van der Waals surface area contributed by atoms with Gasteiger partial charge in [0.25, 0.3) is 0 Å². The van der Waals surface area contributed by atoms with Crippen LogP contribution in [0, 0.1) is 5.41 Å². The fraction of sp³-hybridized carbons (Fsp3) is 0.769. The van der Waals surface area contributed by atoms with Crippen molar-refractivity contribution in [2.24, 2.45) is 11.1 Å². The normalized spacial score (nSPS) is 14.0. The second-order valence-electron chi connectivity index (χ2n) is 5.97. The highest BCUT2D eigenvalue weighted by molar-refractivity contribution is 5.29. The highest BCUT2D eigenvalue weighted by atomic mass is 16.5. The molecule has 1 aromatic heterocycles. The number of likely N-dealkylation sites (N-methyl/N-ethyl adjacent to an activating group) is 1. The molecule has 5 heteroatoms. The van der Waals surface area contributed by atoms with Gasteiger partial charge in [-0.3, -0.25) is 4.68 Å². The van der Waals surface area contributed by atoms with Crippen molar-refractivity contribution in [1.29, 1.82) is 0 Å². The van der Waals surface area contributed by atoms with Gasteiger partial charge in [-0.2, -0.15) is 5.10 Å². The molecule has 1 atom stereocenters. The van der Waals surface area contributed by atoms with E-state index in [1.807, 2.05) is 18.8 Å². The molecule has 5 nitrogen and oxygen atoms in total. The van der Waals surface area contributed by atoms with E-state index < -0.39 is 0 Å². The molecule has 0 saturated heterocycles. The van der Waals surface area contributed by atoms with Crippen LogP contribution in [-0.2, 0) is 6.54 Å². The predicted molar refractivity (Wildman–Crippen MR) is 73.7 cm³/mol. The van der Waals surface area contributed by atoms with Crippen molar-refractivity contribution in [3.63, 3.8) is 0 Å². The summed E-state index contributed by atoms with van der Waals surface area (Å²) in [5.41, 5.74) is 7.30. The Balaban J connectivity index is 3.02. The van der Waals surface area contributed by atoms with E-state index in [1.165, 1.54) is 0 Å². The average Bonchev–Trinajstić information content (AvgIpc) is 2.66. The van der Waals surface area contributed by atoms with Gasteiger partial charge < -0.3 is 15.4 Å². The van der Waals surface area contributed by atoms with Crippen molar-refractivity contribution in [1.82, 2.24) is 14.7 Å². The van der Waals surface area contributed by atoms with Crippen LogP contribution in [-0.4, -0.2) is 42.4 Å². The predicted octanol–water partition coefficient (Wildman–Crippen LogP) is 1.50. The quantitative estimate of drug-likeness (QED) is 0.865. The van der Waals surface area contributed by atoms with E-state index in [0.29, 0.717) is 0 Å². The van der Waals surface area contributed by atoms with Gasteiger partial charge in [-0.15, -0.1) is 0 Å². The van der Waals surface area contributed by atoms with Crippen molar-refractivity contribution in [3.05, 3.63) is 11.9 Å². The van der Waals surface area contributed by atoms with Crippen molar-refractivity contribution in [2.75, 3.05) is 27.7 Å². The summed E-state index contributed by atoms with van der Waals surface area (Å²) < 4.78 is 7.33. The average molecular weight is 254 g/mol. The number of rotatable bonds is 5. The largest absolute Gasteiger partial charge is 0.493 e. The van der Waals surface area contributed by atoms with Crippen LogP contribution >= 0.6 is 0 Å².